The quantitative estimate of drug-likeness (QED) is 0.841. The lowest BCUT2D eigenvalue weighted by Crippen LogP contribution is -2.08. The standard InChI is InChI=1S/C14H21N3/c1-10-7-13-12(3-4-15)9-17(6-5-16)14(13)8-11(10)2/h7-9H,3-6,15-16H2,1-2H3. The molecule has 1 aromatic carbocycles. The minimum absolute atomic E-state index is 0.665. The third kappa shape index (κ3) is 2.21. The van der Waals surface area contributed by atoms with E-state index in [0.717, 1.165) is 13.0 Å². The van der Waals surface area contributed by atoms with E-state index in [9.17, 15) is 0 Å². The first-order chi connectivity index (χ1) is 8.17. The Bertz CT molecular complexity index is 480. The minimum Gasteiger partial charge on any atom is -0.346 e. The Morgan fingerprint density at radius 2 is 1.76 bits per heavy atom. The van der Waals surface area contributed by atoms with Crippen LogP contribution in [0.1, 0.15) is 16.7 Å². The molecule has 0 aliphatic carbocycles. The molecular weight excluding hydrogens is 210 g/mol. The Balaban J connectivity index is 2.63. The van der Waals surface area contributed by atoms with Gasteiger partial charge in [0.15, 0.2) is 0 Å². The number of benzene rings is 1. The van der Waals surface area contributed by atoms with Crippen molar-refractivity contribution in [2.75, 3.05) is 13.1 Å². The number of fused-ring (bicyclic) bond motifs is 1. The van der Waals surface area contributed by atoms with Crippen LogP contribution in [-0.4, -0.2) is 17.7 Å². The zero-order valence-corrected chi connectivity index (χ0v) is 10.7. The second kappa shape index (κ2) is 4.90. The molecule has 2 aromatic rings. The first-order valence-corrected chi connectivity index (χ1v) is 6.16. The molecule has 3 nitrogen and oxygen atoms in total. The van der Waals surface area contributed by atoms with Gasteiger partial charge in [0.2, 0.25) is 0 Å². The SMILES string of the molecule is Cc1cc2c(CCN)cn(CCN)c2cc1C. The second-order valence-electron chi connectivity index (χ2n) is 4.63. The average Bonchev–Trinajstić information content (AvgIpc) is 2.60. The van der Waals surface area contributed by atoms with Crippen LogP contribution in [-0.2, 0) is 13.0 Å². The van der Waals surface area contributed by atoms with Crippen LogP contribution in [0.5, 0.6) is 0 Å². The molecule has 0 atom stereocenters. The smallest absolute Gasteiger partial charge is 0.0486 e. The summed E-state index contributed by atoms with van der Waals surface area (Å²) in [5, 5.41) is 1.33. The van der Waals surface area contributed by atoms with E-state index in [-0.39, 0.29) is 0 Å². The van der Waals surface area contributed by atoms with Crippen molar-refractivity contribution in [2.24, 2.45) is 11.5 Å². The maximum absolute atomic E-state index is 5.67. The molecule has 1 heterocycles. The summed E-state index contributed by atoms with van der Waals surface area (Å²) in [6.45, 7) is 6.52. The Hall–Kier alpha value is -1.32. The van der Waals surface area contributed by atoms with E-state index in [1.54, 1.807) is 0 Å². The Morgan fingerprint density at radius 1 is 1.06 bits per heavy atom. The third-order valence-electron chi connectivity index (χ3n) is 3.36. The number of rotatable bonds is 4. The van der Waals surface area contributed by atoms with Gasteiger partial charge in [-0.15, -0.1) is 0 Å². The number of aromatic nitrogens is 1. The van der Waals surface area contributed by atoms with E-state index in [0.29, 0.717) is 13.1 Å². The van der Waals surface area contributed by atoms with Gasteiger partial charge in [0.1, 0.15) is 0 Å². The summed E-state index contributed by atoms with van der Waals surface area (Å²) in [7, 11) is 0. The number of hydrogen-bond acceptors (Lipinski definition) is 2. The molecule has 92 valence electrons. The minimum atomic E-state index is 0.665. The molecule has 0 radical (unpaired) electrons. The molecule has 0 fully saturated rings. The average molecular weight is 231 g/mol. The van der Waals surface area contributed by atoms with Gasteiger partial charge in [-0.05, 0) is 55.6 Å². The van der Waals surface area contributed by atoms with E-state index < -0.39 is 0 Å². The Morgan fingerprint density at radius 3 is 2.41 bits per heavy atom. The van der Waals surface area contributed by atoms with Gasteiger partial charge in [0, 0.05) is 30.2 Å². The van der Waals surface area contributed by atoms with Gasteiger partial charge in [-0.3, -0.25) is 0 Å². The molecule has 4 N–H and O–H groups in total. The topological polar surface area (TPSA) is 57.0 Å². The van der Waals surface area contributed by atoms with Gasteiger partial charge in [0.05, 0.1) is 0 Å². The lowest BCUT2D eigenvalue weighted by atomic mass is 10.0. The number of aryl methyl sites for hydroxylation is 2. The van der Waals surface area contributed by atoms with E-state index >= 15 is 0 Å². The van der Waals surface area contributed by atoms with Crippen molar-refractivity contribution in [3.63, 3.8) is 0 Å². The fraction of sp³-hybridized carbons (Fsp3) is 0.429. The molecule has 0 saturated carbocycles. The highest BCUT2D eigenvalue weighted by Crippen LogP contribution is 2.25. The van der Waals surface area contributed by atoms with Crippen molar-refractivity contribution in [3.05, 3.63) is 35.0 Å². The first kappa shape index (κ1) is 12.1. The van der Waals surface area contributed by atoms with Gasteiger partial charge in [0.25, 0.3) is 0 Å². The largest absolute Gasteiger partial charge is 0.346 e. The van der Waals surface area contributed by atoms with E-state index in [1.165, 1.54) is 27.6 Å². The third-order valence-corrected chi connectivity index (χ3v) is 3.36. The molecule has 2 rings (SSSR count). The van der Waals surface area contributed by atoms with Crippen molar-refractivity contribution in [2.45, 2.75) is 26.8 Å². The molecule has 0 bridgehead atoms. The maximum atomic E-state index is 5.67. The first-order valence-electron chi connectivity index (χ1n) is 6.16. The fourth-order valence-corrected chi connectivity index (χ4v) is 2.30. The predicted molar refractivity (Wildman–Crippen MR) is 73.2 cm³/mol. The van der Waals surface area contributed by atoms with E-state index in [1.807, 2.05) is 0 Å². The van der Waals surface area contributed by atoms with Crippen LogP contribution < -0.4 is 11.5 Å². The van der Waals surface area contributed by atoms with Crippen molar-refractivity contribution in [3.8, 4) is 0 Å². The molecule has 1 aromatic heterocycles. The van der Waals surface area contributed by atoms with Crippen LogP contribution in [0.3, 0.4) is 0 Å². The summed E-state index contributed by atoms with van der Waals surface area (Å²) in [5.41, 5.74) is 16.6. The van der Waals surface area contributed by atoms with Crippen molar-refractivity contribution < 1.29 is 0 Å². The van der Waals surface area contributed by atoms with Crippen LogP contribution in [0.2, 0.25) is 0 Å². The monoisotopic (exact) mass is 231 g/mol. The summed E-state index contributed by atoms with van der Waals surface area (Å²) >= 11 is 0. The van der Waals surface area contributed by atoms with Crippen molar-refractivity contribution in [1.29, 1.82) is 0 Å². The molecule has 3 heteroatoms. The molecule has 17 heavy (non-hydrogen) atoms. The Kier molecular flexibility index (Phi) is 3.50. The highest BCUT2D eigenvalue weighted by atomic mass is 15.0. The summed E-state index contributed by atoms with van der Waals surface area (Å²) in [6.07, 6.45) is 3.12. The summed E-state index contributed by atoms with van der Waals surface area (Å²) in [6, 6.07) is 4.52. The zero-order valence-electron chi connectivity index (χ0n) is 10.7. The summed E-state index contributed by atoms with van der Waals surface area (Å²) < 4.78 is 2.24. The predicted octanol–water partition coefficient (Wildman–Crippen LogP) is 1.72. The molecule has 0 aliphatic rings. The number of hydrogen-bond donors (Lipinski definition) is 2. The molecule has 0 amide bonds. The highest BCUT2D eigenvalue weighted by molar-refractivity contribution is 5.85. The fourth-order valence-electron chi connectivity index (χ4n) is 2.30. The second-order valence-corrected chi connectivity index (χ2v) is 4.63. The van der Waals surface area contributed by atoms with Gasteiger partial charge >= 0.3 is 0 Å². The highest BCUT2D eigenvalue weighted by Gasteiger charge is 2.09. The summed E-state index contributed by atoms with van der Waals surface area (Å²) in [5.74, 6) is 0. The lowest BCUT2D eigenvalue weighted by molar-refractivity contribution is 0.731. The molecular formula is C14H21N3. The van der Waals surface area contributed by atoms with Gasteiger partial charge in [-0.2, -0.15) is 0 Å². The van der Waals surface area contributed by atoms with E-state index in [4.69, 9.17) is 11.5 Å². The van der Waals surface area contributed by atoms with E-state index in [2.05, 4.69) is 36.7 Å². The van der Waals surface area contributed by atoms with Crippen molar-refractivity contribution in [1.82, 2.24) is 4.57 Å². The van der Waals surface area contributed by atoms with Gasteiger partial charge < -0.3 is 16.0 Å². The summed E-state index contributed by atoms with van der Waals surface area (Å²) in [4.78, 5) is 0. The van der Waals surface area contributed by atoms with Crippen LogP contribution in [0.15, 0.2) is 18.3 Å². The van der Waals surface area contributed by atoms with Crippen LogP contribution in [0.4, 0.5) is 0 Å². The normalized spacial score (nSPS) is 11.3. The molecule has 0 aliphatic heterocycles. The van der Waals surface area contributed by atoms with Gasteiger partial charge in [-0.25, -0.2) is 0 Å². The zero-order chi connectivity index (χ0) is 12.4. The van der Waals surface area contributed by atoms with Gasteiger partial charge in [-0.1, -0.05) is 0 Å². The maximum Gasteiger partial charge on any atom is 0.0486 e. The molecule has 0 unspecified atom stereocenters. The molecule has 0 spiro atoms. The molecule has 0 saturated heterocycles. The van der Waals surface area contributed by atoms with Crippen molar-refractivity contribution >= 4 is 10.9 Å². The van der Waals surface area contributed by atoms with Crippen LogP contribution in [0, 0.1) is 13.8 Å². The number of nitrogens with zero attached hydrogens (tertiary/aromatic N) is 1. The Labute approximate surface area is 102 Å². The van der Waals surface area contributed by atoms with Crippen LogP contribution in [0.25, 0.3) is 10.9 Å². The van der Waals surface area contributed by atoms with Crippen LogP contribution >= 0.6 is 0 Å². The number of nitrogens with two attached hydrogens (primary N) is 2. The lowest BCUT2D eigenvalue weighted by Gasteiger charge is -2.05.